The van der Waals surface area contributed by atoms with Crippen LogP contribution in [0, 0.1) is 6.92 Å². The Bertz CT molecular complexity index is 327. The van der Waals surface area contributed by atoms with Crippen molar-refractivity contribution in [2.45, 2.75) is 26.8 Å². The molecular weight excluding hydrogens is 190 g/mol. The predicted molar refractivity (Wildman–Crippen MR) is 60.4 cm³/mol. The third-order valence-corrected chi connectivity index (χ3v) is 2.77. The van der Waals surface area contributed by atoms with E-state index in [4.69, 9.17) is 4.74 Å². The SMILES string of the molecule is Cc1cnc(N2CCOCC2)n1C(C)C. The molecule has 0 spiro atoms. The Morgan fingerprint density at radius 2 is 2.00 bits per heavy atom. The molecule has 0 bridgehead atoms. The van der Waals surface area contributed by atoms with Gasteiger partial charge in [-0.05, 0) is 20.8 Å². The summed E-state index contributed by atoms with van der Waals surface area (Å²) in [5.74, 6) is 1.09. The van der Waals surface area contributed by atoms with Gasteiger partial charge in [0.2, 0.25) is 5.95 Å². The zero-order valence-electron chi connectivity index (χ0n) is 9.73. The van der Waals surface area contributed by atoms with Crippen LogP contribution in [-0.4, -0.2) is 35.9 Å². The maximum atomic E-state index is 5.35. The lowest BCUT2D eigenvalue weighted by Crippen LogP contribution is -2.38. The van der Waals surface area contributed by atoms with Gasteiger partial charge in [0.25, 0.3) is 0 Å². The molecule has 1 aromatic heterocycles. The Kier molecular flexibility index (Phi) is 2.95. The molecule has 0 aliphatic carbocycles. The molecule has 0 atom stereocenters. The van der Waals surface area contributed by atoms with Crippen LogP contribution >= 0.6 is 0 Å². The quantitative estimate of drug-likeness (QED) is 0.741. The number of anilines is 1. The fourth-order valence-electron chi connectivity index (χ4n) is 2.07. The second-order valence-corrected chi connectivity index (χ2v) is 4.26. The average molecular weight is 209 g/mol. The molecule has 4 heteroatoms. The standard InChI is InChI=1S/C11H19N3O/c1-9(2)14-10(3)8-12-11(14)13-4-6-15-7-5-13/h8-9H,4-7H2,1-3H3. The Balaban J connectivity index is 2.26. The maximum absolute atomic E-state index is 5.35. The molecule has 84 valence electrons. The predicted octanol–water partition coefficient (Wildman–Crippen LogP) is 1.61. The van der Waals surface area contributed by atoms with E-state index in [0.29, 0.717) is 6.04 Å². The van der Waals surface area contributed by atoms with E-state index in [0.717, 1.165) is 32.3 Å². The largest absolute Gasteiger partial charge is 0.378 e. The maximum Gasteiger partial charge on any atom is 0.206 e. The van der Waals surface area contributed by atoms with Crippen molar-refractivity contribution < 1.29 is 4.74 Å². The minimum atomic E-state index is 0.463. The van der Waals surface area contributed by atoms with Gasteiger partial charge in [0.15, 0.2) is 0 Å². The fourth-order valence-corrected chi connectivity index (χ4v) is 2.07. The molecule has 4 nitrogen and oxygen atoms in total. The van der Waals surface area contributed by atoms with Crippen LogP contribution in [0.4, 0.5) is 5.95 Å². The average Bonchev–Trinajstić information content (AvgIpc) is 2.61. The molecule has 0 aromatic carbocycles. The highest BCUT2D eigenvalue weighted by atomic mass is 16.5. The summed E-state index contributed by atoms with van der Waals surface area (Å²) >= 11 is 0. The zero-order valence-corrected chi connectivity index (χ0v) is 9.73. The van der Waals surface area contributed by atoms with Crippen molar-refractivity contribution in [2.75, 3.05) is 31.2 Å². The lowest BCUT2D eigenvalue weighted by molar-refractivity contribution is 0.121. The van der Waals surface area contributed by atoms with Gasteiger partial charge in [0.05, 0.1) is 19.4 Å². The second-order valence-electron chi connectivity index (χ2n) is 4.26. The van der Waals surface area contributed by atoms with Crippen LogP contribution in [0.3, 0.4) is 0 Å². The van der Waals surface area contributed by atoms with Gasteiger partial charge in [-0.3, -0.25) is 0 Å². The lowest BCUT2D eigenvalue weighted by atomic mass is 10.3. The summed E-state index contributed by atoms with van der Waals surface area (Å²) in [5.41, 5.74) is 1.23. The number of ether oxygens (including phenoxy) is 1. The van der Waals surface area contributed by atoms with Crippen molar-refractivity contribution >= 4 is 5.95 Å². The van der Waals surface area contributed by atoms with Gasteiger partial charge in [-0.1, -0.05) is 0 Å². The van der Waals surface area contributed by atoms with Gasteiger partial charge in [0.1, 0.15) is 0 Å². The smallest absolute Gasteiger partial charge is 0.206 e. The number of aromatic nitrogens is 2. The first-order chi connectivity index (χ1) is 7.20. The van der Waals surface area contributed by atoms with Crippen molar-refractivity contribution in [1.29, 1.82) is 0 Å². The van der Waals surface area contributed by atoms with E-state index < -0.39 is 0 Å². The van der Waals surface area contributed by atoms with Crippen LogP contribution in [-0.2, 0) is 4.74 Å². The summed E-state index contributed by atoms with van der Waals surface area (Å²) in [5, 5.41) is 0. The van der Waals surface area contributed by atoms with Crippen LogP contribution in [0.2, 0.25) is 0 Å². The monoisotopic (exact) mass is 209 g/mol. The van der Waals surface area contributed by atoms with Crippen LogP contribution < -0.4 is 4.90 Å². The van der Waals surface area contributed by atoms with Gasteiger partial charge in [-0.15, -0.1) is 0 Å². The van der Waals surface area contributed by atoms with Crippen molar-refractivity contribution in [3.8, 4) is 0 Å². The highest BCUT2D eigenvalue weighted by Gasteiger charge is 2.18. The van der Waals surface area contributed by atoms with Crippen LogP contribution in [0.1, 0.15) is 25.6 Å². The first kappa shape index (κ1) is 10.5. The first-order valence-corrected chi connectivity index (χ1v) is 5.56. The van der Waals surface area contributed by atoms with E-state index in [2.05, 4.69) is 35.2 Å². The number of aryl methyl sites for hydroxylation is 1. The summed E-state index contributed by atoms with van der Waals surface area (Å²) in [6.45, 7) is 10.0. The summed E-state index contributed by atoms with van der Waals surface area (Å²) in [7, 11) is 0. The summed E-state index contributed by atoms with van der Waals surface area (Å²) in [6.07, 6.45) is 1.95. The van der Waals surface area contributed by atoms with E-state index >= 15 is 0 Å². The van der Waals surface area contributed by atoms with E-state index in [9.17, 15) is 0 Å². The molecule has 1 fully saturated rings. The topological polar surface area (TPSA) is 30.3 Å². The molecule has 0 unspecified atom stereocenters. The van der Waals surface area contributed by atoms with Gasteiger partial charge in [-0.25, -0.2) is 4.98 Å². The van der Waals surface area contributed by atoms with Crippen LogP contribution in [0.5, 0.6) is 0 Å². The molecule has 1 aromatic rings. The molecule has 0 radical (unpaired) electrons. The second kappa shape index (κ2) is 4.23. The molecule has 1 aliphatic heterocycles. The van der Waals surface area contributed by atoms with Crippen LogP contribution in [0.15, 0.2) is 6.20 Å². The third kappa shape index (κ3) is 2.00. The molecule has 0 saturated carbocycles. The summed E-state index contributed by atoms with van der Waals surface area (Å²) in [6, 6.07) is 0.463. The molecule has 2 heterocycles. The fraction of sp³-hybridized carbons (Fsp3) is 0.727. The highest BCUT2D eigenvalue weighted by molar-refractivity contribution is 5.34. The number of imidazole rings is 1. The normalized spacial score (nSPS) is 17.5. The highest BCUT2D eigenvalue weighted by Crippen LogP contribution is 2.21. The molecule has 1 aliphatic rings. The van der Waals surface area contributed by atoms with Crippen molar-refractivity contribution in [3.05, 3.63) is 11.9 Å². The van der Waals surface area contributed by atoms with Crippen LogP contribution in [0.25, 0.3) is 0 Å². The number of nitrogens with zero attached hydrogens (tertiary/aromatic N) is 3. The van der Waals surface area contributed by atoms with Gasteiger partial charge in [-0.2, -0.15) is 0 Å². The van der Waals surface area contributed by atoms with E-state index in [1.807, 2.05) is 6.20 Å². The third-order valence-electron chi connectivity index (χ3n) is 2.77. The summed E-state index contributed by atoms with van der Waals surface area (Å²) < 4.78 is 7.63. The van der Waals surface area contributed by atoms with Crippen molar-refractivity contribution in [2.24, 2.45) is 0 Å². The van der Waals surface area contributed by atoms with E-state index in [1.54, 1.807) is 0 Å². The number of morpholine rings is 1. The minimum Gasteiger partial charge on any atom is -0.378 e. The van der Waals surface area contributed by atoms with Crippen molar-refractivity contribution in [3.63, 3.8) is 0 Å². The Hall–Kier alpha value is -1.03. The van der Waals surface area contributed by atoms with Gasteiger partial charge in [0, 0.05) is 24.8 Å². The Labute approximate surface area is 90.9 Å². The Morgan fingerprint density at radius 3 is 2.60 bits per heavy atom. The van der Waals surface area contributed by atoms with Gasteiger partial charge >= 0.3 is 0 Å². The Morgan fingerprint density at radius 1 is 1.33 bits per heavy atom. The van der Waals surface area contributed by atoms with Crippen molar-refractivity contribution in [1.82, 2.24) is 9.55 Å². The molecule has 2 rings (SSSR count). The number of hydrogen-bond acceptors (Lipinski definition) is 3. The lowest BCUT2D eigenvalue weighted by Gasteiger charge is -2.29. The molecule has 1 saturated heterocycles. The molecular formula is C11H19N3O. The zero-order chi connectivity index (χ0) is 10.8. The van der Waals surface area contributed by atoms with Gasteiger partial charge < -0.3 is 14.2 Å². The van der Waals surface area contributed by atoms with E-state index in [1.165, 1.54) is 5.69 Å². The summed E-state index contributed by atoms with van der Waals surface area (Å²) in [4.78, 5) is 6.80. The minimum absolute atomic E-state index is 0.463. The first-order valence-electron chi connectivity index (χ1n) is 5.56. The molecule has 0 amide bonds. The molecule has 0 N–H and O–H groups in total. The number of rotatable bonds is 2. The number of hydrogen-bond donors (Lipinski definition) is 0. The molecule has 15 heavy (non-hydrogen) atoms. The van der Waals surface area contributed by atoms with E-state index in [-0.39, 0.29) is 0 Å².